The van der Waals surface area contributed by atoms with Crippen LogP contribution in [-0.2, 0) is 0 Å². The summed E-state index contributed by atoms with van der Waals surface area (Å²) in [5.74, 6) is 5.91. The second-order valence-corrected chi connectivity index (χ2v) is 2.66. The standard InChI is InChI=1S/C6H12N4.C3H8.3C2H6/c1-5(2)6(9-8-3)10(4)7;1-3-2;3*1-2/h1,3,7H2,2,4H3;3H2,1-2H3;3*1-2H3/b9-6-;;;;. The average molecular weight is 274 g/mol. The molecule has 0 radical (unpaired) electrons. The van der Waals surface area contributed by atoms with E-state index >= 15 is 0 Å². The topological polar surface area (TPSA) is 54.0 Å². The molecule has 0 amide bonds. The molecule has 0 aliphatic carbocycles. The van der Waals surface area contributed by atoms with Crippen molar-refractivity contribution in [2.24, 2.45) is 16.0 Å². The minimum Gasteiger partial charge on any atom is -0.296 e. The van der Waals surface area contributed by atoms with Crippen molar-refractivity contribution in [3.05, 3.63) is 12.2 Å². The van der Waals surface area contributed by atoms with Gasteiger partial charge in [0.05, 0.1) is 0 Å². The van der Waals surface area contributed by atoms with Crippen LogP contribution >= 0.6 is 0 Å². The van der Waals surface area contributed by atoms with Crippen molar-refractivity contribution in [3.63, 3.8) is 0 Å². The Morgan fingerprint density at radius 2 is 1.32 bits per heavy atom. The zero-order chi connectivity index (χ0) is 16.9. The summed E-state index contributed by atoms with van der Waals surface area (Å²) in [7, 11) is 1.67. The number of amidine groups is 1. The first kappa shape index (κ1) is 30.7. The minimum atomic E-state index is 0.537. The van der Waals surface area contributed by atoms with E-state index in [0.29, 0.717) is 5.84 Å². The molecule has 0 aromatic heterocycles. The molecule has 0 aliphatic rings. The molecule has 19 heavy (non-hydrogen) atoms. The fourth-order valence-corrected chi connectivity index (χ4v) is 0.524. The van der Waals surface area contributed by atoms with Gasteiger partial charge in [-0.1, -0.05) is 68.4 Å². The van der Waals surface area contributed by atoms with Crippen LogP contribution in [0.3, 0.4) is 0 Å². The minimum absolute atomic E-state index is 0.537. The fraction of sp³-hybridized carbons (Fsp3) is 0.733. The maximum atomic E-state index is 5.38. The Balaban J connectivity index is -0.0000000607. The van der Waals surface area contributed by atoms with Gasteiger partial charge in [-0.25, -0.2) is 5.84 Å². The van der Waals surface area contributed by atoms with Crippen molar-refractivity contribution in [2.75, 3.05) is 7.05 Å². The van der Waals surface area contributed by atoms with Gasteiger partial charge in [-0.05, 0) is 12.5 Å². The predicted molar refractivity (Wildman–Crippen MR) is 93.8 cm³/mol. The number of hydrogen-bond acceptors (Lipinski definition) is 3. The van der Waals surface area contributed by atoms with Crippen molar-refractivity contribution >= 4 is 12.6 Å². The van der Waals surface area contributed by atoms with Crippen LogP contribution in [0.2, 0.25) is 0 Å². The SMILES string of the molecule is C=N/N=C(/C(=C)C)N(C)N.CC.CC.CC.CCC. The molecular formula is C15H38N4. The van der Waals surface area contributed by atoms with Gasteiger partial charge in [0.15, 0.2) is 5.84 Å². The quantitative estimate of drug-likeness (QED) is 0.338. The molecule has 0 aromatic rings. The van der Waals surface area contributed by atoms with Crippen molar-refractivity contribution in [1.29, 1.82) is 0 Å². The molecule has 0 rings (SSSR count). The van der Waals surface area contributed by atoms with Crippen LogP contribution in [0, 0.1) is 0 Å². The Morgan fingerprint density at radius 1 is 1.05 bits per heavy atom. The lowest BCUT2D eigenvalue weighted by molar-refractivity contribution is 0.536. The van der Waals surface area contributed by atoms with Gasteiger partial charge in [0.1, 0.15) is 0 Å². The van der Waals surface area contributed by atoms with Gasteiger partial charge < -0.3 is 0 Å². The summed E-state index contributed by atoms with van der Waals surface area (Å²) in [4.78, 5) is 0. The highest BCUT2D eigenvalue weighted by Crippen LogP contribution is 1.94. The summed E-state index contributed by atoms with van der Waals surface area (Å²) in [6.07, 6.45) is 1.25. The molecule has 0 aliphatic heterocycles. The van der Waals surface area contributed by atoms with Crippen molar-refractivity contribution in [2.45, 2.75) is 68.7 Å². The Kier molecular flexibility index (Phi) is 58.1. The number of likely N-dealkylation sites (N-methyl/N-ethyl adjacent to an activating group) is 1. The van der Waals surface area contributed by atoms with Crippen LogP contribution < -0.4 is 5.84 Å². The third-order valence-electron chi connectivity index (χ3n) is 0.881. The van der Waals surface area contributed by atoms with Gasteiger partial charge in [0.2, 0.25) is 0 Å². The molecular weight excluding hydrogens is 236 g/mol. The van der Waals surface area contributed by atoms with E-state index in [-0.39, 0.29) is 0 Å². The molecule has 0 saturated heterocycles. The fourth-order valence-electron chi connectivity index (χ4n) is 0.524. The van der Waals surface area contributed by atoms with Gasteiger partial charge >= 0.3 is 0 Å². The Morgan fingerprint density at radius 3 is 1.37 bits per heavy atom. The first-order valence-electron chi connectivity index (χ1n) is 7.19. The van der Waals surface area contributed by atoms with Crippen LogP contribution in [0.1, 0.15) is 68.7 Å². The first-order chi connectivity index (χ1) is 9.01. The van der Waals surface area contributed by atoms with E-state index in [9.17, 15) is 0 Å². The summed E-state index contributed by atoms with van der Waals surface area (Å²) in [5.41, 5.74) is 0.761. The zero-order valence-corrected chi connectivity index (χ0v) is 15.0. The highest BCUT2D eigenvalue weighted by molar-refractivity contribution is 5.96. The molecule has 0 bridgehead atoms. The van der Waals surface area contributed by atoms with Crippen LogP contribution in [0.15, 0.2) is 22.4 Å². The van der Waals surface area contributed by atoms with E-state index < -0.39 is 0 Å². The smallest absolute Gasteiger partial charge is 0.167 e. The molecule has 118 valence electrons. The van der Waals surface area contributed by atoms with E-state index in [1.807, 2.05) is 41.5 Å². The van der Waals surface area contributed by atoms with E-state index in [1.165, 1.54) is 11.4 Å². The second-order valence-electron chi connectivity index (χ2n) is 2.66. The molecule has 0 saturated carbocycles. The highest BCUT2D eigenvalue weighted by Gasteiger charge is 2.00. The number of rotatable bonds is 2. The molecule has 0 spiro atoms. The van der Waals surface area contributed by atoms with Crippen LogP contribution in [0.5, 0.6) is 0 Å². The average Bonchev–Trinajstić information content (AvgIpc) is 2.43. The Labute approximate surface area is 122 Å². The molecule has 0 aromatic carbocycles. The summed E-state index contributed by atoms with van der Waals surface area (Å²) in [6, 6.07) is 0. The van der Waals surface area contributed by atoms with Crippen LogP contribution in [0.4, 0.5) is 0 Å². The molecule has 2 N–H and O–H groups in total. The first-order valence-corrected chi connectivity index (χ1v) is 7.19. The zero-order valence-electron chi connectivity index (χ0n) is 15.0. The highest BCUT2D eigenvalue weighted by atomic mass is 15.4. The summed E-state index contributed by atoms with van der Waals surface area (Å²) < 4.78 is 0. The summed E-state index contributed by atoms with van der Waals surface area (Å²) in [6.45, 7) is 24.9. The molecule has 4 nitrogen and oxygen atoms in total. The maximum absolute atomic E-state index is 5.38. The third kappa shape index (κ3) is 38.3. The van der Waals surface area contributed by atoms with Gasteiger partial charge in [-0.3, -0.25) is 5.01 Å². The maximum Gasteiger partial charge on any atom is 0.167 e. The predicted octanol–water partition coefficient (Wildman–Crippen LogP) is 4.88. The van der Waals surface area contributed by atoms with Crippen molar-refractivity contribution < 1.29 is 0 Å². The number of nitrogens with two attached hydrogens (primary N) is 1. The van der Waals surface area contributed by atoms with Gasteiger partial charge in [-0.2, -0.15) is 5.10 Å². The number of nitrogens with zero attached hydrogens (tertiary/aromatic N) is 3. The van der Waals surface area contributed by atoms with E-state index in [1.54, 1.807) is 14.0 Å². The van der Waals surface area contributed by atoms with Crippen molar-refractivity contribution in [3.8, 4) is 0 Å². The van der Waals surface area contributed by atoms with E-state index in [4.69, 9.17) is 5.84 Å². The van der Waals surface area contributed by atoms with Crippen LogP contribution in [0.25, 0.3) is 0 Å². The molecule has 0 atom stereocenters. The lowest BCUT2D eigenvalue weighted by Crippen LogP contribution is -2.33. The molecule has 0 unspecified atom stereocenters. The lowest BCUT2D eigenvalue weighted by Gasteiger charge is -2.12. The summed E-state index contributed by atoms with van der Waals surface area (Å²) >= 11 is 0. The van der Waals surface area contributed by atoms with Gasteiger partial charge in [0, 0.05) is 13.8 Å². The van der Waals surface area contributed by atoms with Crippen molar-refractivity contribution in [1.82, 2.24) is 5.01 Å². The monoisotopic (exact) mass is 274 g/mol. The largest absolute Gasteiger partial charge is 0.296 e. The summed E-state index contributed by atoms with van der Waals surface area (Å²) in [5, 5.41) is 8.33. The normalized spacial score (nSPS) is 7.63. The molecule has 0 heterocycles. The van der Waals surface area contributed by atoms with E-state index in [0.717, 1.165) is 5.57 Å². The van der Waals surface area contributed by atoms with Gasteiger partial charge in [0.25, 0.3) is 0 Å². The molecule has 4 heteroatoms. The Bertz CT molecular complexity index is 185. The third-order valence-corrected chi connectivity index (χ3v) is 0.881. The van der Waals surface area contributed by atoms with Gasteiger partial charge in [-0.15, -0.1) is 5.10 Å². The molecule has 0 fully saturated rings. The van der Waals surface area contributed by atoms with E-state index in [2.05, 4.69) is 37.3 Å². The number of hydrogen-bond donors (Lipinski definition) is 1. The second kappa shape index (κ2) is 36.0. The number of hydrazine groups is 1. The van der Waals surface area contributed by atoms with Crippen LogP contribution in [-0.4, -0.2) is 24.6 Å². The lowest BCUT2D eigenvalue weighted by atomic mass is 10.3. The Hall–Kier alpha value is -1.16.